The number of nitrogens with zero attached hydrogens (tertiary/aromatic N) is 4. The SMILES string of the molecule is CCCC[N+]1(CCCCC[N+](C)(C)C)CCCC1.CS(=O)(=O)[N-]S(=O)(=O)C(F)(F)F.CS(=O)(=O)[N-]S(=O)(=O)C(F)(F)F. The Bertz CT molecular complexity index is 1170. The van der Waals surface area contributed by atoms with Gasteiger partial charge in [0.25, 0.3) is 0 Å². The van der Waals surface area contributed by atoms with Crippen molar-refractivity contribution in [3.8, 4) is 0 Å². The third-order valence-electron chi connectivity index (χ3n) is 5.51. The van der Waals surface area contributed by atoms with E-state index in [4.69, 9.17) is 0 Å². The van der Waals surface area contributed by atoms with E-state index in [0.29, 0.717) is 0 Å². The first kappa shape index (κ1) is 43.3. The van der Waals surface area contributed by atoms with E-state index in [-0.39, 0.29) is 12.5 Å². The lowest BCUT2D eigenvalue weighted by molar-refractivity contribution is -0.917. The molecule has 22 heteroatoms. The first-order chi connectivity index (χ1) is 18.4. The highest BCUT2D eigenvalue weighted by Crippen LogP contribution is 2.30. The zero-order chi connectivity index (χ0) is 33.9. The summed E-state index contributed by atoms with van der Waals surface area (Å²) in [5.41, 5.74) is -11.3. The molecule has 0 aromatic rings. The largest absolute Gasteiger partial charge is 0.480 e. The summed E-state index contributed by atoms with van der Waals surface area (Å²) in [6.07, 6.45) is 10.5. The molecule has 0 N–H and O–H groups in total. The molecule has 42 heavy (non-hydrogen) atoms. The zero-order valence-corrected chi connectivity index (χ0v) is 27.7. The van der Waals surface area contributed by atoms with Crippen LogP contribution in [0.15, 0.2) is 0 Å². The number of hydrogen-bond donors (Lipinski definition) is 0. The van der Waals surface area contributed by atoms with Gasteiger partial charge in [-0.2, -0.15) is 26.3 Å². The number of likely N-dealkylation sites (tertiary alicyclic amines) is 1. The van der Waals surface area contributed by atoms with Crippen molar-refractivity contribution in [2.75, 3.05) is 66.4 Å². The Kier molecular flexibility index (Phi) is 17.0. The van der Waals surface area contributed by atoms with Crippen LogP contribution in [-0.4, -0.2) is 120 Å². The summed E-state index contributed by atoms with van der Waals surface area (Å²) in [5.74, 6) is 0. The minimum absolute atomic E-state index is 0.246. The third-order valence-corrected chi connectivity index (χ3v) is 10.4. The Morgan fingerprint density at radius 3 is 1.26 bits per heavy atom. The summed E-state index contributed by atoms with van der Waals surface area (Å²) < 4.78 is 155. The Hall–Kier alpha value is -0.780. The van der Waals surface area contributed by atoms with Crippen molar-refractivity contribution in [1.29, 1.82) is 0 Å². The molecule has 0 spiro atoms. The third kappa shape index (κ3) is 20.2. The maximum atomic E-state index is 11.4. The van der Waals surface area contributed by atoms with E-state index >= 15 is 0 Å². The maximum Gasteiger partial charge on any atom is 0.480 e. The molecule has 1 aliphatic rings. The lowest BCUT2D eigenvalue weighted by Crippen LogP contribution is -2.46. The van der Waals surface area contributed by atoms with Crippen molar-refractivity contribution in [1.82, 2.24) is 0 Å². The number of hydrogen-bond acceptors (Lipinski definition) is 8. The van der Waals surface area contributed by atoms with E-state index < -0.39 is 51.1 Å². The summed E-state index contributed by atoms with van der Waals surface area (Å²) in [6, 6.07) is 0. The molecular weight excluding hydrogens is 666 g/mol. The van der Waals surface area contributed by atoms with Gasteiger partial charge in [0.05, 0.1) is 73.9 Å². The number of rotatable bonds is 13. The minimum atomic E-state index is -5.92. The molecule has 1 aliphatic heterocycles. The van der Waals surface area contributed by atoms with Gasteiger partial charge in [-0.05, 0) is 25.7 Å². The fourth-order valence-electron chi connectivity index (χ4n) is 3.71. The van der Waals surface area contributed by atoms with E-state index in [1.54, 1.807) is 8.25 Å². The molecule has 0 radical (unpaired) electrons. The Labute approximate surface area is 246 Å². The second-order valence-corrected chi connectivity index (χ2v) is 17.8. The van der Waals surface area contributed by atoms with E-state index in [2.05, 4.69) is 28.1 Å². The van der Waals surface area contributed by atoms with Gasteiger partial charge in [-0.25, -0.2) is 33.7 Å². The number of alkyl halides is 6. The summed E-state index contributed by atoms with van der Waals surface area (Å²) in [7, 11) is -14.0. The Morgan fingerprint density at radius 2 is 1.00 bits per heavy atom. The molecule has 0 atom stereocenters. The second kappa shape index (κ2) is 16.5. The summed E-state index contributed by atoms with van der Waals surface area (Å²) in [6.45, 7) is 9.50. The molecule has 0 aromatic heterocycles. The summed E-state index contributed by atoms with van der Waals surface area (Å²) in [4.78, 5) is 0. The van der Waals surface area contributed by atoms with Crippen molar-refractivity contribution >= 4 is 40.1 Å². The summed E-state index contributed by atoms with van der Waals surface area (Å²) in [5, 5.41) is 0. The van der Waals surface area contributed by atoms with Gasteiger partial charge in [-0.3, -0.25) is 0 Å². The molecule has 1 rings (SSSR count). The van der Waals surface area contributed by atoms with Gasteiger partial charge in [0.1, 0.15) is 0 Å². The van der Waals surface area contributed by atoms with Crippen LogP contribution >= 0.6 is 0 Å². The Morgan fingerprint density at radius 1 is 0.643 bits per heavy atom. The van der Waals surface area contributed by atoms with Crippen LogP contribution in [0, 0.1) is 0 Å². The first-order valence-electron chi connectivity index (χ1n) is 12.6. The monoisotopic (exact) mass is 708 g/mol. The minimum Gasteiger partial charge on any atom is -0.429 e. The normalized spacial score (nSPS) is 16.7. The molecule has 0 amide bonds. The molecule has 1 saturated heterocycles. The van der Waals surface area contributed by atoms with Gasteiger partial charge in [-0.15, -0.1) is 0 Å². The van der Waals surface area contributed by atoms with Crippen LogP contribution in [0.25, 0.3) is 8.25 Å². The highest BCUT2D eigenvalue weighted by Gasteiger charge is 2.40. The average molecular weight is 709 g/mol. The first-order valence-corrected chi connectivity index (χ1v) is 19.1. The van der Waals surface area contributed by atoms with Crippen LogP contribution in [0.3, 0.4) is 0 Å². The molecule has 1 fully saturated rings. The van der Waals surface area contributed by atoms with Crippen LogP contribution in [0.1, 0.15) is 51.9 Å². The molecule has 0 saturated carbocycles. The number of sulfonamides is 4. The smallest absolute Gasteiger partial charge is 0.429 e. The fraction of sp³-hybridized carbons (Fsp3) is 1.00. The van der Waals surface area contributed by atoms with E-state index in [9.17, 15) is 60.0 Å². The fourth-order valence-corrected chi connectivity index (χ4v) is 7.24. The van der Waals surface area contributed by atoms with Crippen LogP contribution in [0.5, 0.6) is 0 Å². The molecule has 0 aliphatic carbocycles. The lowest BCUT2D eigenvalue weighted by Gasteiger charge is -2.34. The van der Waals surface area contributed by atoms with Crippen LogP contribution in [0.2, 0.25) is 0 Å². The van der Waals surface area contributed by atoms with E-state index in [1.807, 2.05) is 0 Å². The van der Waals surface area contributed by atoms with Crippen molar-refractivity contribution in [2.45, 2.75) is 62.9 Å². The van der Waals surface area contributed by atoms with Crippen LogP contribution < -0.4 is 0 Å². The van der Waals surface area contributed by atoms with E-state index in [1.165, 1.54) is 82.2 Å². The number of unbranched alkanes of at least 4 members (excludes halogenated alkanes) is 3. The van der Waals surface area contributed by atoms with Crippen molar-refractivity contribution in [3.05, 3.63) is 8.25 Å². The zero-order valence-electron chi connectivity index (χ0n) is 24.4. The quantitative estimate of drug-likeness (QED) is 0.159. The molecule has 12 nitrogen and oxygen atoms in total. The van der Waals surface area contributed by atoms with Crippen LogP contribution in [-0.2, 0) is 40.1 Å². The average Bonchev–Trinajstić information content (AvgIpc) is 3.16. The van der Waals surface area contributed by atoms with Gasteiger partial charge in [0.15, 0.2) is 20.0 Å². The highest BCUT2D eigenvalue weighted by atomic mass is 32.3. The number of quaternary nitrogens is 2. The van der Waals surface area contributed by atoms with Gasteiger partial charge in [0, 0.05) is 25.4 Å². The van der Waals surface area contributed by atoms with Crippen molar-refractivity contribution < 1.29 is 69.0 Å². The van der Waals surface area contributed by atoms with E-state index in [0.717, 1.165) is 4.48 Å². The molecule has 0 bridgehead atoms. The van der Waals surface area contributed by atoms with Crippen molar-refractivity contribution in [2.24, 2.45) is 0 Å². The lowest BCUT2D eigenvalue weighted by atomic mass is 10.2. The molecule has 0 unspecified atom stereocenters. The summed E-state index contributed by atoms with van der Waals surface area (Å²) >= 11 is 0. The standard InChI is InChI=1S/C16H36N2.2C2H3F3NO4S2/c1-5-6-13-18(15-10-11-16-18)14-9-7-8-12-17(2,3)4;2*1-11(7,8)6-12(9,10)2(3,4)5/h5-16H2,1-4H3;2*1H3/q+2;2*-1. The Balaban J connectivity index is 0. The number of halogens is 6. The predicted octanol–water partition coefficient (Wildman–Crippen LogP) is 3.61. The molecular formula is C20H42F6N4O8S4. The predicted molar refractivity (Wildman–Crippen MR) is 147 cm³/mol. The van der Waals surface area contributed by atoms with Gasteiger partial charge in [-0.1, -0.05) is 13.3 Å². The van der Waals surface area contributed by atoms with Crippen LogP contribution in [0.4, 0.5) is 26.3 Å². The molecule has 1 heterocycles. The maximum absolute atomic E-state index is 11.4. The van der Waals surface area contributed by atoms with Gasteiger partial charge in [0.2, 0.25) is 0 Å². The van der Waals surface area contributed by atoms with Gasteiger partial charge < -0.3 is 17.2 Å². The second-order valence-electron chi connectivity index (χ2n) is 10.8. The van der Waals surface area contributed by atoms with Crippen molar-refractivity contribution in [3.63, 3.8) is 0 Å². The molecule has 0 aromatic carbocycles. The highest BCUT2D eigenvalue weighted by molar-refractivity contribution is 8.12. The molecule has 256 valence electrons. The van der Waals surface area contributed by atoms with Gasteiger partial charge >= 0.3 is 11.0 Å². The topological polar surface area (TPSA) is 165 Å².